The number of rotatable bonds is 5. The average molecular weight is 563 g/mol. The van der Waals surface area contributed by atoms with E-state index >= 15 is 0 Å². The van der Waals surface area contributed by atoms with Crippen LogP contribution in [-0.4, -0.2) is 70.1 Å². The number of nitrogens with one attached hydrogen (secondary N) is 1. The Morgan fingerprint density at radius 2 is 1.65 bits per heavy atom. The maximum Gasteiger partial charge on any atom is 0.498 e. The normalized spacial score (nSPS) is 13.8. The molecule has 2 amide bonds. The molecule has 210 valence electrons. The Balaban J connectivity index is 1.44. The first kappa shape index (κ1) is 28.4. The van der Waals surface area contributed by atoms with E-state index in [9.17, 15) is 36.7 Å². The average Bonchev–Trinajstić information content (AvgIpc) is 2.93. The van der Waals surface area contributed by atoms with Gasteiger partial charge in [-0.1, -0.05) is 6.07 Å². The molecule has 0 unspecified atom stereocenters. The highest BCUT2D eigenvalue weighted by Crippen LogP contribution is 2.19. The number of hydrogen-bond donors (Lipinski definition) is 1. The Morgan fingerprint density at radius 3 is 2.30 bits per heavy atom. The molecule has 0 bridgehead atoms. The molecule has 0 spiro atoms. The molecule has 14 heteroatoms. The van der Waals surface area contributed by atoms with E-state index in [-0.39, 0.29) is 49.4 Å². The van der Waals surface area contributed by atoms with Crippen molar-refractivity contribution < 1.29 is 41.5 Å². The van der Waals surface area contributed by atoms with Crippen LogP contribution in [0.1, 0.15) is 43.2 Å². The maximum absolute atomic E-state index is 14.7. The lowest BCUT2D eigenvalue weighted by Crippen LogP contribution is -2.57. The number of carbonyl (C=O) groups is 3. The molecule has 4 rings (SSSR count). The van der Waals surface area contributed by atoms with Gasteiger partial charge in [0, 0.05) is 55.0 Å². The number of aromatic nitrogens is 3. The predicted octanol–water partition coefficient (Wildman–Crippen LogP) is 1.52. The minimum absolute atomic E-state index is 0.00770. The van der Waals surface area contributed by atoms with Gasteiger partial charge in [0.05, 0.1) is 11.3 Å². The number of piperazine rings is 1. The van der Waals surface area contributed by atoms with Crippen LogP contribution in [0.4, 0.5) is 17.6 Å². The fourth-order valence-corrected chi connectivity index (χ4v) is 4.14. The van der Waals surface area contributed by atoms with Crippen LogP contribution in [0.15, 0.2) is 47.4 Å². The first-order valence-corrected chi connectivity index (χ1v) is 12.1. The monoisotopic (exact) mass is 562 g/mol. The van der Waals surface area contributed by atoms with E-state index in [4.69, 9.17) is 0 Å². The van der Waals surface area contributed by atoms with Crippen molar-refractivity contribution in [2.45, 2.75) is 26.4 Å². The van der Waals surface area contributed by atoms with Crippen molar-refractivity contribution >= 4 is 17.8 Å². The Hall–Kier alpha value is -4.62. The van der Waals surface area contributed by atoms with Crippen LogP contribution >= 0.6 is 0 Å². The third-order valence-electron chi connectivity index (χ3n) is 6.57. The number of alkyl halides is 3. The van der Waals surface area contributed by atoms with Crippen molar-refractivity contribution in [1.29, 1.82) is 0 Å². The highest BCUT2D eigenvalue weighted by Gasteiger charge is 2.45. The van der Waals surface area contributed by atoms with Crippen molar-refractivity contribution in [1.82, 2.24) is 20.0 Å². The van der Waals surface area contributed by atoms with Crippen LogP contribution in [0.5, 0.6) is 0 Å². The van der Waals surface area contributed by atoms with Gasteiger partial charge < -0.3 is 9.80 Å². The zero-order valence-corrected chi connectivity index (χ0v) is 21.4. The summed E-state index contributed by atoms with van der Waals surface area (Å²) in [4.78, 5) is 56.1. The minimum Gasteiger partial charge on any atom is -0.335 e. The van der Waals surface area contributed by atoms with E-state index in [1.54, 1.807) is 13.8 Å². The number of hydrogen-bond acceptors (Lipinski definition) is 6. The number of H-pyrrole nitrogens is 1. The van der Waals surface area contributed by atoms with Gasteiger partial charge in [0.15, 0.2) is 0 Å². The van der Waals surface area contributed by atoms with Gasteiger partial charge in [-0.3, -0.25) is 14.4 Å². The number of aromatic amines is 1. The van der Waals surface area contributed by atoms with Gasteiger partial charge in [0.1, 0.15) is 5.82 Å². The van der Waals surface area contributed by atoms with Gasteiger partial charge in [-0.15, -0.1) is 0 Å². The molecule has 1 aliphatic rings. The summed E-state index contributed by atoms with van der Waals surface area (Å²) in [6.07, 6.45) is -4.00. The van der Waals surface area contributed by atoms with Crippen molar-refractivity contribution in [2.75, 3.05) is 26.2 Å². The molecule has 40 heavy (non-hydrogen) atoms. The molecule has 0 radical (unpaired) electrons. The lowest BCUT2D eigenvalue weighted by atomic mass is 10.0. The fraction of sp³-hybridized carbons (Fsp3) is 0.308. The van der Waals surface area contributed by atoms with Crippen molar-refractivity contribution in [2.24, 2.45) is 0 Å². The Morgan fingerprint density at radius 1 is 1.00 bits per heavy atom. The van der Waals surface area contributed by atoms with Gasteiger partial charge in [0.2, 0.25) is 6.20 Å². The summed E-state index contributed by atoms with van der Waals surface area (Å²) in [5.41, 5.74) is 1.58. The summed E-state index contributed by atoms with van der Waals surface area (Å²) >= 11 is 0. The van der Waals surface area contributed by atoms with E-state index in [0.29, 0.717) is 27.1 Å². The van der Waals surface area contributed by atoms with E-state index in [1.165, 1.54) is 46.2 Å². The summed E-state index contributed by atoms with van der Waals surface area (Å²) in [5.74, 6) is -4.52. The van der Waals surface area contributed by atoms with Gasteiger partial charge in [-0.05, 0) is 43.2 Å². The molecule has 3 aromatic rings. The van der Waals surface area contributed by atoms with Crippen molar-refractivity contribution in [3.8, 4) is 0 Å². The summed E-state index contributed by atoms with van der Waals surface area (Å²) in [7, 11) is 0. The second-order valence-corrected chi connectivity index (χ2v) is 9.11. The maximum atomic E-state index is 14.7. The fourth-order valence-electron chi connectivity index (χ4n) is 4.14. The molecule has 1 aromatic carbocycles. The smallest absolute Gasteiger partial charge is 0.335 e. The quantitative estimate of drug-likeness (QED) is 0.373. The molecule has 1 aliphatic heterocycles. The zero-order valence-electron chi connectivity index (χ0n) is 21.4. The van der Waals surface area contributed by atoms with Crippen molar-refractivity contribution in [3.63, 3.8) is 0 Å². The number of amides is 2. The first-order valence-electron chi connectivity index (χ1n) is 12.1. The lowest BCUT2D eigenvalue weighted by Gasteiger charge is -2.34. The number of halogens is 4. The topological polar surface area (TPSA) is 117 Å². The molecule has 1 N–H and O–H groups in total. The molecule has 2 aromatic heterocycles. The highest BCUT2D eigenvalue weighted by atomic mass is 19.4. The number of nitrogens with zero attached hydrogens (tertiary/aromatic N) is 4. The van der Waals surface area contributed by atoms with Crippen molar-refractivity contribution in [3.05, 3.63) is 92.4 Å². The molecule has 1 saturated heterocycles. The molecule has 10 nitrogen and oxygen atoms in total. The second kappa shape index (κ2) is 11.2. The molecule has 1 fully saturated rings. The van der Waals surface area contributed by atoms with E-state index in [0.717, 1.165) is 6.20 Å². The molecule has 3 heterocycles. The summed E-state index contributed by atoms with van der Waals surface area (Å²) in [6.45, 7) is 3.49. The van der Waals surface area contributed by atoms with E-state index in [1.807, 2.05) is 0 Å². The Kier molecular flexibility index (Phi) is 7.98. The number of carbonyl (C=O) groups excluding carboxylic acids is 3. The van der Waals surface area contributed by atoms with Crippen LogP contribution in [-0.2, 0) is 11.2 Å². The third-order valence-corrected chi connectivity index (χ3v) is 6.57. The van der Waals surface area contributed by atoms with E-state index < -0.39 is 29.8 Å². The predicted molar refractivity (Wildman–Crippen MR) is 130 cm³/mol. The second-order valence-electron chi connectivity index (χ2n) is 9.11. The summed E-state index contributed by atoms with van der Waals surface area (Å²) < 4.78 is 53.0. The first-order chi connectivity index (χ1) is 18.9. The van der Waals surface area contributed by atoms with Crippen LogP contribution in [0.2, 0.25) is 0 Å². The van der Waals surface area contributed by atoms with Gasteiger partial charge >= 0.3 is 23.7 Å². The van der Waals surface area contributed by atoms with Gasteiger partial charge in [0.25, 0.3) is 11.5 Å². The zero-order chi connectivity index (χ0) is 29.2. The van der Waals surface area contributed by atoms with Crippen LogP contribution < -0.4 is 15.1 Å². The Bertz CT molecular complexity index is 1530. The molecule has 0 atom stereocenters. The minimum atomic E-state index is -5.25. The van der Waals surface area contributed by atoms with Gasteiger partial charge in [-0.25, -0.2) is 14.3 Å². The molecular weight excluding hydrogens is 538 g/mol. The molecule has 0 saturated carbocycles. The Labute approximate surface area is 224 Å². The van der Waals surface area contributed by atoms with Crippen LogP contribution in [0.3, 0.4) is 0 Å². The summed E-state index contributed by atoms with van der Waals surface area (Å²) in [5, 5.41) is 6.47. The lowest BCUT2D eigenvalue weighted by molar-refractivity contribution is -0.872. The van der Waals surface area contributed by atoms with E-state index in [2.05, 4.69) is 15.0 Å². The SMILES string of the molecule is Cc1c(Cc2ccc(F)c(C(=O)N3CCN(C(=O)c4cccc[n+]4OC(=O)C(F)(F)F)CC3)c2)n[nH]c(=O)c1C. The third kappa shape index (κ3) is 6.00. The molecular formula is C26H24F4N5O5+. The van der Waals surface area contributed by atoms with Crippen LogP contribution in [0.25, 0.3) is 0 Å². The standard InChI is InChI=1S/C26H23F4N5O5/c1-15-16(2)22(36)32-31-20(15)14-17-6-7-19(27)18(13-17)23(37)33-9-11-34(12-10-33)24(38)21-5-3-4-8-35(21)40-25(39)26(28,29)30/h3-8,13H,9-12,14H2,1-2H3/p+1. The largest absolute Gasteiger partial charge is 0.498 e. The summed E-state index contributed by atoms with van der Waals surface area (Å²) in [6, 6.07) is 7.99. The molecule has 0 aliphatic carbocycles. The number of benzene rings is 1. The van der Waals surface area contributed by atoms with Gasteiger partial charge in [-0.2, -0.15) is 23.1 Å². The number of pyridine rings is 1. The van der Waals surface area contributed by atoms with Crippen LogP contribution in [0, 0.1) is 19.7 Å². The highest BCUT2D eigenvalue weighted by molar-refractivity contribution is 5.95.